The lowest BCUT2D eigenvalue weighted by atomic mass is 10.1. The maximum absolute atomic E-state index is 13.4. The van der Waals surface area contributed by atoms with E-state index >= 15 is 0 Å². The molecular weight excluding hydrogens is 237 g/mol. The molecule has 1 atom stereocenters. The van der Waals surface area contributed by atoms with Crippen molar-refractivity contribution in [1.29, 1.82) is 0 Å². The summed E-state index contributed by atoms with van der Waals surface area (Å²) in [5.41, 5.74) is 0.745. The highest BCUT2D eigenvalue weighted by Crippen LogP contribution is 2.18. The van der Waals surface area contributed by atoms with Crippen molar-refractivity contribution in [2.45, 2.75) is 12.5 Å². The van der Waals surface area contributed by atoms with E-state index in [9.17, 15) is 9.50 Å². The smallest absolute Gasteiger partial charge is 0.165 e. The van der Waals surface area contributed by atoms with Gasteiger partial charge in [0.25, 0.3) is 0 Å². The van der Waals surface area contributed by atoms with Gasteiger partial charge in [0.15, 0.2) is 11.6 Å². The zero-order valence-corrected chi connectivity index (χ0v) is 10.8. The van der Waals surface area contributed by atoms with E-state index in [2.05, 4.69) is 5.32 Å². The fourth-order valence-electron chi connectivity index (χ4n) is 1.62. The van der Waals surface area contributed by atoms with E-state index in [1.165, 1.54) is 13.2 Å². The molecule has 1 aromatic carbocycles. The van der Waals surface area contributed by atoms with Crippen LogP contribution in [0.25, 0.3) is 0 Å². The Morgan fingerprint density at radius 1 is 1.39 bits per heavy atom. The number of aliphatic hydroxyl groups is 1. The topological polar surface area (TPSA) is 50.7 Å². The first-order valence-corrected chi connectivity index (χ1v) is 5.87. The fourth-order valence-corrected chi connectivity index (χ4v) is 1.62. The molecule has 0 aliphatic carbocycles. The molecule has 1 unspecified atom stereocenters. The van der Waals surface area contributed by atoms with Gasteiger partial charge >= 0.3 is 0 Å². The van der Waals surface area contributed by atoms with Gasteiger partial charge in [0, 0.05) is 20.2 Å². The molecule has 0 saturated heterocycles. The summed E-state index contributed by atoms with van der Waals surface area (Å²) in [5.74, 6) is -0.194. The highest BCUT2D eigenvalue weighted by molar-refractivity contribution is 5.29. The quantitative estimate of drug-likeness (QED) is 0.681. The van der Waals surface area contributed by atoms with Crippen LogP contribution in [0.2, 0.25) is 0 Å². The first kappa shape index (κ1) is 14.9. The first-order chi connectivity index (χ1) is 8.67. The van der Waals surface area contributed by atoms with Crippen LogP contribution in [-0.4, -0.2) is 45.1 Å². The second-order valence-corrected chi connectivity index (χ2v) is 4.02. The zero-order valence-electron chi connectivity index (χ0n) is 10.8. The molecule has 0 fully saturated rings. The molecule has 0 spiro atoms. The third kappa shape index (κ3) is 5.00. The standard InChI is InChI=1S/C13H20FNO3/c1-17-6-5-15-9-11(16)7-10-3-4-13(18-2)12(14)8-10/h3-4,8,11,15-16H,5-7,9H2,1-2H3. The van der Waals surface area contributed by atoms with Crippen molar-refractivity contribution in [3.63, 3.8) is 0 Å². The molecule has 0 saturated carbocycles. The van der Waals surface area contributed by atoms with Crippen molar-refractivity contribution < 1.29 is 19.0 Å². The summed E-state index contributed by atoms with van der Waals surface area (Å²) in [6.45, 7) is 1.74. The van der Waals surface area contributed by atoms with E-state index in [0.29, 0.717) is 26.1 Å². The van der Waals surface area contributed by atoms with Gasteiger partial charge in [0.05, 0.1) is 19.8 Å². The van der Waals surface area contributed by atoms with Crippen LogP contribution in [0.4, 0.5) is 4.39 Å². The summed E-state index contributed by atoms with van der Waals surface area (Å²) in [7, 11) is 3.05. The van der Waals surface area contributed by atoms with E-state index in [4.69, 9.17) is 9.47 Å². The summed E-state index contributed by atoms with van der Waals surface area (Å²) in [4.78, 5) is 0. The van der Waals surface area contributed by atoms with Crippen molar-refractivity contribution in [2.75, 3.05) is 33.9 Å². The van der Waals surface area contributed by atoms with Gasteiger partial charge in [-0.2, -0.15) is 0 Å². The molecule has 0 aliphatic heterocycles. The van der Waals surface area contributed by atoms with E-state index in [0.717, 1.165) is 5.56 Å². The van der Waals surface area contributed by atoms with Gasteiger partial charge in [0.2, 0.25) is 0 Å². The number of hydrogen-bond acceptors (Lipinski definition) is 4. The van der Waals surface area contributed by atoms with Gasteiger partial charge in [-0.25, -0.2) is 4.39 Å². The number of rotatable bonds is 8. The Bertz CT molecular complexity index is 360. The Labute approximate surface area is 107 Å². The Balaban J connectivity index is 2.39. The lowest BCUT2D eigenvalue weighted by molar-refractivity contribution is 0.160. The Kier molecular flexibility index (Phi) is 6.64. The molecule has 0 aromatic heterocycles. The summed E-state index contributed by atoms with van der Waals surface area (Å²) in [6, 6.07) is 4.70. The molecule has 18 heavy (non-hydrogen) atoms. The van der Waals surface area contributed by atoms with Crippen LogP contribution in [0.5, 0.6) is 5.75 Å². The highest BCUT2D eigenvalue weighted by Gasteiger charge is 2.08. The minimum Gasteiger partial charge on any atom is -0.494 e. The van der Waals surface area contributed by atoms with Crippen molar-refractivity contribution in [3.8, 4) is 5.75 Å². The molecule has 102 valence electrons. The lowest BCUT2D eigenvalue weighted by Gasteiger charge is -2.12. The first-order valence-electron chi connectivity index (χ1n) is 5.87. The maximum atomic E-state index is 13.4. The second-order valence-electron chi connectivity index (χ2n) is 4.02. The lowest BCUT2D eigenvalue weighted by Crippen LogP contribution is -2.30. The Morgan fingerprint density at radius 3 is 2.78 bits per heavy atom. The molecule has 0 aliphatic rings. The van der Waals surface area contributed by atoms with Crippen molar-refractivity contribution in [2.24, 2.45) is 0 Å². The molecule has 0 heterocycles. The minimum atomic E-state index is -0.547. The van der Waals surface area contributed by atoms with Crippen LogP contribution in [-0.2, 0) is 11.2 Å². The third-order valence-electron chi connectivity index (χ3n) is 2.55. The van der Waals surface area contributed by atoms with Crippen LogP contribution >= 0.6 is 0 Å². The van der Waals surface area contributed by atoms with Crippen LogP contribution in [0.1, 0.15) is 5.56 Å². The predicted molar refractivity (Wildman–Crippen MR) is 67.4 cm³/mol. The summed E-state index contributed by atoms with van der Waals surface area (Å²) in [5, 5.41) is 12.8. The van der Waals surface area contributed by atoms with E-state index in [-0.39, 0.29) is 5.75 Å². The summed E-state index contributed by atoms with van der Waals surface area (Å²) >= 11 is 0. The molecule has 4 nitrogen and oxygen atoms in total. The number of ether oxygens (including phenoxy) is 2. The van der Waals surface area contributed by atoms with Gasteiger partial charge in [-0.1, -0.05) is 6.07 Å². The summed E-state index contributed by atoms with van der Waals surface area (Å²) < 4.78 is 23.1. The molecule has 0 radical (unpaired) electrons. The van der Waals surface area contributed by atoms with E-state index in [1.54, 1.807) is 19.2 Å². The third-order valence-corrected chi connectivity index (χ3v) is 2.55. The van der Waals surface area contributed by atoms with Gasteiger partial charge in [0.1, 0.15) is 0 Å². The maximum Gasteiger partial charge on any atom is 0.165 e. The van der Waals surface area contributed by atoms with E-state index in [1.807, 2.05) is 0 Å². The normalized spacial score (nSPS) is 12.4. The van der Waals surface area contributed by atoms with Crippen LogP contribution in [0.15, 0.2) is 18.2 Å². The Hall–Kier alpha value is -1.17. The predicted octanol–water partition coefficient (Wildman–Crippen LogP) is 0.974. The molecule has 0 amide bonds. The zero-order chi connectivity index (χ0) is 13.4. The second kappa shape index (κ2) is 8.02. The molecule has 1 aromatic rings. The largest absolute Gasteiger partial charge is 0.494 e. The van der Waals surface area contributed by atoms with Crippen LogP contribution < -0.4 is 10.1 Å². The monoisotopic (exact) mass is 257 g/mol. The van der Waals surface area contributed by atoms with Gasteiger partial charge in [-0.3, -0.25) is 0 Å². The molecular formula is C13H20FNO3. The molecule has 1 rings (SSSR count). The Morgan fingerprint density at radius 2 is 2.17 bits per heavy atom. The average Bonchev–Trinajstić information content (AvgIpc) is 2.35. The van der Waals surface area contributed by atoms with Gasteiger partial charge < -0.3 is 19.9 Å². The van der Waals surface area contributed by atoms with E-state index < -0.39 is 11.9 Å². The summed E-state index contributed by atoms with van der Waals surface area (Å²) in [6.07, 6.45) is -0.143. The number of nitrogens with one attached hydrogen (secondary N) is 1. The number of hydrogen-bond donors (Lipinski definition) is 2. The average molecular weight is 257 g/mol. The van der Waals surface area contributed by atoms with Crippen LogP contribution in [0.3, 0.4) is 0 Å². The highest BCUT2D eigenvalue weighted by atomic mass is 19.1. The van der Waals surface area contributed by atoms with Crippen molar-refractivity contribution in [1.82, 2.24) is 5.32 Å². The van der Waals surface area contributed by atoms with Gasteiger partial charge in [-0.15, -0.1) is 0 Å². The number of halogens is 1. The molecule has 5 heteroatoms. The number of benzene rings is 1. The SMILES string of the molecule is COCCNCC(O)Cc1ccc(OC)c(F)c1. The fraction of sp³-hybridized carbons (Fsp3) is 0.538. The van der Waals surface area contributed by atoms with Crippen molar-refractivity contribution >= 4 is 0 Å². The van der Waals surface area contributed by atoms with Crippen LogP contribution in [0, 0.1) is 5.82 Å². The minimum absolute atomic E-state index is 0.214. The van der Waals surface area contributed by atoms with Gasteiger partial charge in [-0.05, 0) is 24.1 Å². The number of aliphatic hydroxyl groups excluding tert-OH is 1. The number of methoxy groups -OCH3 is 2. The molecule has 0 bridgehead atoms. The molecule has 2 N–H and O–H groups in total. The van der Waals surface area contributed by atoms with Crippen molar-refractivity contribution in [3.05, 3.63) is 29.6 Å².